The summed E-state index contributed by atoms with van der Waals surface area (Å²) < 4.78 is 0. The van der Waals surface area contributed by atoms with Crippen molar-refractivity contribution in [2.24, 2.45) is 23.7 Å². The lowest BCUT2D eigenvalue weighted by Gasteiger charge is -2.20. The van der Waals surface area contributed by atoms with Crippen LogP contribution in [0.1, 0.15) is 6.42 Å². The molecule has 0 aromatic heterocycles. The molecular formula is C18H22O10. The molecule has 4 unspecified atom stereocenters. The molecule has 0 spiro atoms. The zero-order valence-corrected chi connectivity index (χ0v) is 14.8. The van der Waals surface area contributed by atoms with Gasteiger partial charge in [0.05, 0.1) is 11.8 Å². The Morgan fingerprint density at radius 2 is 0.857 bits per heavy atom. The van der Waals surface area contributed by atoms with Crippen molar-refractivity contribution in [2.75, 3.05) is 0 Å². The van der Waals surface area contributed by atoms with Gasteiger partial charge >= 0.3 is 29.8 Å². The molecule has 0 heterocycles. The van der Waals surface area contributed by atoms with Crippen LogP contribution in [0.15, 0.2) is 50.1 Å². The van der Waals surface area contributed by atoms with Crippen molar-refractivity contribution in [1.82, 2.24) is 0 Å². The molecule has 2 rings (SSSR count). The molecule has 154 valence electrons. The van der Waals surface area contributed by atoms with Crippen molar-refractivity contribution in [2.45, 2.75) is 6.42 Å². The first-order valence-corrected chi connectivity index (χ1v) is 7.62. The largest absolute Gasteiger partial charge is 0.481 e. The summed E-state index contributed by atoms with van der Waals surface area (Å²) in [5, 5.41) is 40.5. The molecule has 5 N–H and O–H groups in total. The van der Waals surface area contributed by atoms with Crippen LogP contribution in [0.3, 0.4) is 0 Å². The Balaban J connectivity index is 0. The van der Waals surface area contributed by atoms with Crippen LogP contribution in [-0.4, -0.2) is 55.4 Å². The average Bonchev–Trinajstić information content (AvgIpc) is 3.24. The topological polar surface area (TPSA) is 186 Å². The second-order valence-electron chi connectivity index (χ2n) is 5.30. The van der Waals surface area contributed by atoms with Crippen LogP contribution in [0.5, 0.6) is 0 Å². The summed E-state index contributed by atoms with van der Waals surface area (Å²) >= 11 is 0. The van der Waals surface area contributed by atoms with Crippen molar-refractivity contribution < 1.29 is 49.5 Å². The maximum Gasteiger partial charge on any atom is 0.327 e. The summed E-state index contributed by atoms with van der Waals surface area (Å²) in [5.74, 6) is -6.47. The molecule has 0 aromatic rings. The Hall–Kier alpha value is -3.69. The van der Waals surface area contributed by atoms with Crippen molar-refractivity contribution in [1.29, 1.82) is 0 Å². The van der Waals surface area contributed by atoms with Gasteiger partial charge in [0.1, 0.15) is 0 Å². The van der Waals surface area contributed by atoms with E-state index >= 15 is 0 Å². The molecule has 0 saturated heterocycles. The molecule has 0 amide bonds. The maximum atomic E-state index is 10.8. The fourth-order valence-corrected chi connectivity index (χ4v) is 2.50. The van der Waals surface area contributed by atoms with Gasteiger partial charge in [-0.2, -0.15) is 0 Å². The van der Waals surface area contributed by atoms with Crippen molar-refractivity contribution in [3.63, 3.8) is 0 Å². The molecule has 2 bridgehead atoms. The van der Waals surface area contributed by atoms with E-state index in [0.29, 0.717) is 6.42 Å². The van der Waals surface area contributed by atoms with Crippen LogP contribution in [0, 0.1) is 23.7 Å². The third-order valence-electron chi connectivity index (χ3n) is 3.55. The van der Waals surface area contributed by atoms with Crippen LogP contribution in [-0.2, 0) is 24.0 Å². The first-order chi connectivity index (χ1) is 12.9. The zero-order valence-electron chi connectivity index (χ0n) is 14.8. The lowest BCUT2D eigenvalue weighted by molar-refractivity contribution is -0.154. The van der Waals surface area contributed by atoms with Gasteiger partial charge < -0.3 is 25.5 Å². The van der Waals surface area contributed by atoms with Gasteiger partial charge in [0.25, 0.3) is 0 Å². The van der Waals surface area contributed by atoms with Crippen LogP contribution in [0.25, 0.3) is 0 Å². The number of rotatable bonds is 5. The molecule has 4 atom stereocenters. The average molecular weight is 398 g/mol. The highest BCUT2D eigenvalue weighted by molar-refractivity contribution is 5.82. The minimum Gasteiger partial charge on any atom is -0.481 e. The predicted octanol–water partition coefficient (Wildman–Crippen LogP) is 1.36. The Bertz CT molecular complexity index is 590. The maximum absolute atomic E-state index is 10.8. The fourth-order valence-electron chi connectivity index (χ4n) is 2.50. The number of carbonyl (C=O) groups is 5. The normalized spacial score (nSPS) is 22.4. The Morgan fingerprint density at radius 1 is 0.643 bits per heavy atom. The third-order valence-corrected chi connectivity index (χ3v) is 3.55. The lowest BCUT2D eigenvalue weighted by Crippen LogP contribution is -2.32. The SMILES string of the molecule is C=CC(=O)O.C=CC(=O)O.C=CC(=O)O.O=C(O)C1C2C=CC(C2)C1C(=O)O. The molecule has 2 aliphatic carbocycles. The molecule has 1 fully saturated rings. The van der Waals surface area contributed by atoms with Crippen molar-refractivity contribution in [3.8, 4) is 0 Å². The highest BCUT2D eigenvalue weighted by Crippen LogP contribution is 2.48. The molecular weight excluding hydrogens is 376 g/mol. The lowest BCUT2D eigenvalue weighted by atomic mass is 9.83. The first-order valence-electron chi connectivity index (χ1n) is 7.62. The minimum absolute atomic E-state index is 0.0661. The molecule has 2 aliphatic rings. The molecule has 28 heavy (non-hydrogen) atoms. The van der Waals surface area contributed by atoms with Gasteiger partial charge in [0.2, 0.25) is 0 Å². The summed E-state index contributed by atoms with van der Waals surface area (Å²) in [5.41, 5.74) is 0. The minimum atomic E-state index is -0.982. The Kier molecular flexibility index (Phi) is 12.8. The number of allylic oxidation sites excluding steroid dienone is 2. The monoisotopic (exact) mass is 398 g/mol. The molecule has 0 aliphatic heterocycles. The van der Waals surface area contributed by atoms with E-state index in [2.05, 4.69) is 19.7 Å². The smallest absolute Gasteiger partial charge is 0.327 e. The summed E-state index contributed by atoms with van der Waals surface area (Å²) in [4.78, 5) is 49.4. The Labute approximate surface area is 160 Å². The van der Waals surface area contributed by atoms with Crippen LogP contribution in [0.2, 0.25) is 0 Å². The molecule has 1 saturated carbocycles. The van der Waals surface area contributed by atoms with E-state index in [1.807, 2.05) is 12.2 Å². The predicted molar refractivity (Wildman–Crippen MR) is 96.5 cm³/mol. The van der Waals surface area contributed by atoms with E-state index in [9.17, 15) is 24.0 Å². The second-order valence-corrected chi connectivity index (χ2v) is 5.30. The quantitative estimate of drug-likeness (QED) is 0.334. The third kappa shape index (κ3) is 10.3. The van der Waals surface area contributed by atoms with E-state index in [0.717, 1.165) is 18.2 Å². The molecule has 0 aromatic carbocycles. The number of hydrogen-bond donors (Lipinski definition) is 5. The van der Waals surface area contributed by atoms with Gasteiger partial charge in [-0.3, -0.25) is 9.59 Å². The number of fused-ring (bicyclic) bond motifs is 2. The highest BCUT2D eigenvalue weighted by Gasteiger charge is 2.51. The second kappa shape index (κ2) is 13.5. The van der Waals surface area contributed by atoms with E-state index in [1.54, 1.807) is 0 Å². The van der Waals surface area contributed by atoms with E-state index < -0.39 is 41.7 Å². The summed E-state index contributed by atoms with van der Waals surface area (Å²) in [6.07, 6.45) is 6.86. The summed E-state index contributed by atoms with van der Waals surface area (Å²) in [6, 6.07) is 0. The van der Waals surface area contributed by atoms with E-state index in [4.69, 9.17) is 25.5 Å². The van der Waals surface area contributed by atoms with Crippen LogP contribution in [0.4, 0.5) is 0 Å². The Morgan fingerprint density at radius 3 is 1.00 bits per heavy atom. The van der Waals surface area contributed by atoms with Gasteiger partial charge in [-0.05, 0) is 18.3 Å². The van der Waals surface area contributed by atoms with Crippen molar-refractivity contribution in [3.05, 3.63) is 50.1 Å². The van der Waals surface area contributed by atoms with Gasteiger partial charge in [-0.15, -0.1) is 0 Å². The van der Waals surface area contributed by atoms with Crippen LogP contribution < -0.4 is 0 Å². The molecule has 10 heteroatoms. The number of carboxylic acids is 5. The van der Waals surface area contributed by atoms with Gasteiger partial charge in [-0.1, -0.05) is 31.9 Å². The zero-order chi connectivity index (χ0) is 22.4. The van der Waals surface area contributed by atoms with Crippen LogP contribution >= 0.6 is 0 Å². The first kappa shape index (κ1) is 26.5. The molecule has 0 radical (unpaired) electrons. The van der Waals surface area contributed by atoms with Crippen molar-refractivity contribution >= 4 is 29.8 Å². The van der Waals surface area contributed by atoms with E-state index in [1.165, 1.54) is 0 Å². The number of aliphatic carboxylic acids is 5. The molecule has 10 nitrogen and oxygen atoms in total. The summed E-state index contributed by atoms with van der Waals surface area (Å²) in [6.45, 7) is 8.88. The standard InChI is InChI=1S/C9H10O4.3C3H4O2/c10-8(11)6-4-1-2-5(3-4)7(6)9(12)13;3*1-2-3(4)5/h1-2,4-7H,3H2,(H,10,11)(H,12,13);3*2H,1H2,(H,4,5). The van der Waals surface area contributed by atoms with Gasteiger partial charge in [-0.25, -0.2) is 14.4 Å². The van der Waals surface area contributed by atoms with E-state index in [-0.39, 0.29) is 11.8 Å². The fraction of sp³-hybridized carbons (Fsp3) is 0.278. The summed E-state index contributed by atoms with van der Waals surface area (Å²) in [7, 11) is 0. The number of carboxylic acid groups (broad SMARTS) is 5. The highest BCUT2D eigenvalue weighted by atomic mass is 16.4. The van der Waals surface area contributed by atoms with Gasteiger partial charge in [0, 0.05) is 18.2 Å². The number of hydrogen-bond acceptors (Lipinski definition) is 5. The van der Waals surface area contributed by atoms with Gasteiger partial charge in [0.15, 0.2) is 0 Å².